The maximum absolute atomic E-state index is 5.11. The number of aromatic nitrogens is 4. The number of aryl methyl sites for hydroxylation is 2. The minimum absolute atomic E-state index is 0.633. The van der Waals surface area contributed by atoms with Crippen LogP contribution < -0.4 is 9.80 Å². The molecule has 2 aromatic rings. The van der Waals surface area contributed by atoms with Gasteiger partial charge in [0.2, 0.25) is 5.82 Å². The monoisotopic (exact) mass is 331 g/mol. The van der Waals surface area contributed by atoms with E-state index in [1.807, 2.05) is 4.68 Å². The SMILES string of the molecule is COCCn1nnnc1C[NH+]1CCN(c2cc(C)ccc2C)CC1. The Morgan fingerprint density at radius 1 is 1.21 bits per heavy atom. The summed E-state index contributed by atoms with van der Waals surface area (Å²) in [5.41, 5.74) is 4.05. The van der Waals surface area contributed by atoms with Crippen LogP contribution in [0.3, 0.4) is 0 Å². The second-order valence-corrected chi connectivity index (χ2v) is 6.51. The fourth-order valence-corrected chi connectivity index (χ4v) is 3.23. The quantitative estimate of drug-likeness (QED) is 0.797. The standard InChI is InChI=1S/C17H26N6O/c1-14-4-5-15(2)16(12-14)22-8-6-21(7-9-22)13-17-18-19-20-23(17)10-11-24-3/h4-5,12H,6-11,13H2,1-3H3/p+1. The van der Waals surface area contributed by atoms with E-state index in [2.05, 4.69) is 52.5 Å². The lowest BCUT2D eigenvalue weighted by atomic mass is 10.1. The van der Waals surface area contributed by atoms with Crippen molar-refractivity contribution >= 4 is 5.69 Å². The molecule has 24 heavy (non-hydrogen) atoms. The van der Waals surface area contributed by atoms with Gasteiger partial charge in [0.15, 0.2) is 0 Å². The van der Waals surface area contributed by atoms with Crippen molar-refractivity contribution in [2.45, 2.75) is 26.9 Å². The Morgan fingerprint density at radius 3 is 2.75 bits per heavy atom. The van der Waals surface area contributed by atoms with Crippen LogP contribution >= 0.6 is 0 Å². The van der Waals surface area contributed by atoms with Gasteiger partial charge in [-0.05, 0) is 41.5 Å². The maximum Gasteiger partial charge on any atom is 0.206 e. The van der Waals surface area contributed by atoms with E-state index in [1.54, 1.807) is 7.11 Å². The molecular weight excluding hydrogens is 304 g/mol. The fraction of sp³-hybridized carbons (Fsp3) is 0.588. The summed E-state index contributed by atoms with van der Waals surface area (Å²) in [6, 6.07) is 6.69. The molecule has 0 aliphatic carbocycles. The van der Waals surface area contributed by atoms with Gasteiger partial charge in [0.25, 0.3) is 0 Å². The second kappa shape index (κ2) is 7.72. The van der Waals surface area contributed by atoms with Gasteiger partial charge in [-0.3, -0.25) is 0 Å². The van der Waals surface area contributed by atoms with Gasteiger partial charge in [0.1, 0.15) is 6.54 Å². The molecule has 1 saturated heterocycles. The first-order valence-electron chi connectivity index (χ1n) is 8.57. The molecule has 130 valence electrons. The van der Waals surface area contributed by atoms with Crippen LogP contribution in [0.2, 0.25) is 0 Å². The number of benzene rings is 1. The summed E-state index contributed by atoms with van der Waals surface area (Å²) < 4.78 is 6.97. The highest BCUT2D eigenvalue weighted by Gasteiger charge is 2.23. The zero-order valence-corrected chi connectivity index (χ0v) is 14.8. The van der Waals surface area contributed by atoms with Gasteiger partial charge in [-0.15, -0.1) is 5.10 Å². The smallest absolute Gasteiger partial charge is 0.206 e. The summed E-state index contributed by atoms with van der Waals surface area (Å²) in [5.74, 6) is 0.947. The molecule has 1 aromatic carbocycles. The summed E-state index contributed by atoms with van der Waals surface area (Å²) in [5, 5.41) is 12.0. The highest BCUT2D eigenvalue weighted by atomic mass is 16.5. The molecule has 0 unspecified atom stereocenters. The Morgan fingerprint density at radius 2 is 2.00 bits per heavy atom. The average Bonchev–Trinajstić information content (AvgIpc) is 3.03. The Kier molecular flexibility index (Phi) is 5.42. The number of hydrogen-bond acceptors (Lipinski definition) is 5. The van der Waals surface area contributed by atoms with Crippen LogP contribution in [0.1, 0.15) is 17.0 Å². The summed E-state index contributed by atoms with van der Waals surface area (Å²) in [7, 11) is 1.70. The van der Waals surface area contributed by atoms with Gasteiger partial charge in [0, 0.05) is 12.8 Å². The average molecular weight is 331 g/mol. The minimum atomic E-state index is 0.633. The summed E-state index contributed by atoms with van der Waals surface area (Å²) in [6.07, 6.45) is 0. The number of nitrogens with zero attached hydrogens (tertiary/aromatic N) is 5. The molecule has 1 fully saturated rings. The molecule has 1 N–H and O–H groups in total. The normalized spacial score (nSPS) is 15.9. The van der Waals surface area contributed by atoms with Gasteiger partial charge >= 0.3 is 0 Å². The molecule has 3 rings (SSSR count). The number of hydrogen-bond donors (Lipinski definition) is 1. The van der Waals surface area contributed by atoms with E-state index in [-0.39, 0.29) is 0 Å². The Bertz CT molecular complexity index is 663. The third kappa shape index (κ3) is 3.91. The van der Waals surface area contributed by atoms with Crippen LogP contribution in [-0.4, -0.2) is 60.1 Å². The van der Waals surface area contributed by atoms with E-state index in [0.717, 1.165) is 38.5 Å². The Balaban J connectivity index is 1.57. The van der Waals surface area contributed by atoms with E-state index in [4.69, 9.17) is 4.74 Å². The van der Waals surface area contributed by atoms with Crippen molar-refractivity contribution in [3.05, 3.63) is 35.2 Å². The molecule has 0 amide bonds. The Labute approximate surface area is 143 Å². The van der Waals surface area contributed by atoms with Crippen LogP contribution in [0.5, 0.6) is 0 Å². The summed E-state index contributed by atoms with van der Waals surface area (Å²) in [4.78, 5) is 4.03. The number of ether oxygens (including phenoxy) is 1. The van der Waals surface area contributed by atoms with Crippen molar-refractivity contribution in [1.29, 1.82) is 0 Å². The second-order valence-electron chi connectivity index (χ2n) is 6.51. The summed E-state index contributed by atoms with van der Waals surface area (Å²) >= 11 is 0. The van der Waals surface area contributed by atoms with Crippen molar-refractivity contribution in [2.75, 3.05) is 44.8 Å². The van der Waals surface area contributed by atoms with Crippen molar-refractivity contribution in [1.82, 2.24) is 20.2 Å². The molecule has 0 saturated carbocycles. The molecule has 0 atom stereocenters. The van der Waals surface area contributed by atoms with E-state index in [0.29, 0.717) is 13.2 Å². The van der Waals surface area contributed by atoms with Gasteiger partial charge in [-0.2, -0.15) is 0 Å². The van der Waals surface area contributed by atoms with Gasteiger partial charge in [-0.25, -0.2) is 4.68 Å². The predicted octanol–water partition coefficient (Wildman–Crippen LogP) is -0.159. The van der Waals surface area contributed by atoms with E-state index in [9.17, 15) is 0 Å². The first-order chi connectivity index (χ1) is 11.7. The zero-order valence-electron chi connectivity index (χ0n) is 14.8. The van der Waals surface area contributed by atoms with Gasteiger partial charge < -0.3 is 14.5 Å². The van der Waals surface area contributed by atoms with Crippen LogP contribution in [-0.2, 0) is 17.8 Å². The summed E-state index contributed by atoms with van der Waals surface area (Å²) in [6.45, 7) is 10.9. The molecule has 1 aliphatic rings. The zero-order chi connectivity index (χ0) is 16.9. The van der Waals surface area contributed by atoms with E-state index >= 15 is 0 Å². The minimum Gasteiger partial charge on any atom is -0.383 e. The lowest BCUT2D eigenvalue weighted by Gasteiger charge is -2.34. The molecule has 2 heterocycles. The first-order valence-corrected chi connectivity index (χ1v) is 8.57. The number of rotatable bonds is 6. The lowest BCUT2D eigenvalue weighted by molar-refractivity contribution is -0.915. The maximum atomic E-state index is 5.11. The number of anilines is 1. The van der Waals surface area contributed by atoms with Gasteiger partial charge in [-0.1, -0.05) is 12.1 Å². The highest BCUT2D eigenvalue weighted by molar-refractivity contribution is 5.55. The molecule has 7 nitrogen and oxygen atoms in total. The van der Waals surface area contributed by atoms with Crippen molar-refractivity contribution in [3.8, 4) is 0 Å². The van der Waals surface area contributed by atoms with Crippen LogP contribution in [0.15, 0.2) is 18.2 Å². The highest BCUT2D eigenvalue weighted by Crippen LogP contribution is 2.21. The van der Waals surface area contributed by atoms with Crippen molar-refractivity contribution < 1.29 is 9.64 Å². The van der Waals surface area contributed by atoms with Crippen molar-refractivity contribution in [2.24, 2.45) is 0 Å². The fourth-order valence-electron chi connectivity index (χ4n) is 3.23. The topological polar surface area (TPSA) is 60.5 Å². The molecule has 0 bridgehead atoms. The van der Waals surface area contributed by atoms with E-state index in [1.165, 1.54) is 21.7 Å². The first kappa shape index (κ1) is 16.9. The number of nitrogens with one attached hydrogen (secondary N) is 1. The number of quaternary nitrogens is 1. The molecular formula is C17H27N6O+. The predicted molar refractivity (Wildman–Crippen MR) is 92.2 cm³/mol. The van der Waals surface area contributed by atoms with Crippen LogP contribution in [0.4, 0.5) is 5.69 Å². The number of piperazine rings is 1. The molecule has 0 radical (unpaired) electrons. The molecule has 0 spiro atoms. The molecule has 1 aromatic heterocycles. The van der Waals surface area contributed by atoms with Crippen molar-refractivity contribution in [3.63, 3.8) is 0 Å². The molecule has 1 aliphatic heterocycles. The molecule has 7 heteroatoms. The Hall–Kier alpha value is -1.99. The van der Waals surface area contributed by atoms with E-state index < -0.39 is 0 Å². The third-order valence-corrected chi connectivity index (χ3v) is 4.70. The van der Waals surface area contributed by atoms with Crippen LogP contribution in [0, 0.1) is 13.8 Å². The number of tetrazole rings is 1. The third-order valence-electron chi connectivity index (χ3n) is 4.70. The van der Waals surface area contributed by atoms with Gasteiger partial charge in [0.05, 0.1) is 39.3 Å². The largest absolute Gasteiger partial charge is 0.383 e. The van der Waals surface area contributed by atoms with Crippen LogP contribution in [0.25, 0.3) is 0 Å². The number of methoxy groups -OCH3 is 1. The lowest BCUT2D eigenvalue weighted by Crippen LogP contribution is -3.13.